The van der Waals surface area contributed by atoms with Gasteiger partial charge in [0.15, 0.2) is 5.11 Å². The van der Waals surface area contributed by atoms with E-state index in [9.17, 15) is 0 Å². The Morgan fingerprint density at radius 1 is 1.28 bits per heavy atom. The molecule has 0 radical (unpaired) electrons. The predicted octanol–water partition coefficient (Wildman–Crippen LogP) is 3.50. The number of rotatable bonds is 3. The van der Waals surface area contributed by atoms with Crippen molar-refractivity contribution >= 4 is 34.4 Å². The van der Waals surface area contributed by atoms with Crippen molar-refractivity contribution in [1.29, 1.82) is 0 Å². The summed E-state index contributed by atoms with van der Waals surface area (Å²) in [5.74, 6) is 0. The van der Waals surface area contributed by atoms with Crippen molar-refractivity contribution in [2.45, 2.75) is 19.9 Å². The van der Waals surface area contributed by atoms with Gasteiger partial charge in [-0.05, 0) is 50.3 Å². The molecule has 0 aliphatic rings. The first-order valence-electron chi connectivity index (χ1n) is 5.72. The average Bonchev–Trinajstić information content (AvgIpc) is 2.82. The van der Waals surface area contributed by atoms with Gasteiger partial charge in [0.05, 0.1) is 0 Å². The molecule has 0 atom stereocenters. The Labute approximate surface area is 116 Å². The van der Waals surface area contributed by atoms with E-state index in [2.05, 4.69) is 29.5 Å². The third kappa shape index (κ3) is 3.51. The highest BCUT2D eigenvalue weighted by atomic mass is 32.1. The zero-order valence-corrected chi connectivity index (χ0v) is 11.9. The van der Waals surface area contributed by atoms with Crippen molar-refractivity contribution in [2.24, 2.45) is 0 Å². The summed E-state index contributed by atoms with van der Waals surface area (Å²) in [5, 5.41) is 9.95. The van der Waals surface area contributed by atoms with Crippen LogP contribution < -0.4 is 10.6 Å². The van der Waals surface area contributed by atoms with Crippen LogP contribution in [0.2, 0.25) is 0 Å². The zero-order chi connectivity index (χ0) is 13.0. The molecule has 18 heavy (non-hydrogen) atoms. The van der Waals surface area contributed by atoms with Crippen LogP contribution in [-0.4, -0.2) is 16.1 Å². The number of aromatic nitrogens is 1. The van der Waals surface area contributed by atoms with E-state index in [-0.39, 0.29) is 0 Å². The fourth-order valence-electron chi connectivity index (χ4n) is 1.49. The topological polar surface area (TPSA) is 37.0 Å². The van der Waals surface area contributed by atoms with Gasteiger partial charge in [0.1, 0.15) is 5.01 Å². The molecular weight excluding hydrogens is 262 g/mol. The molecule has 2 aromatic rings. The van der Waals surface area contributed by atoms with Gasteiger partial charge in [0.2, 0.25) is 0 Å². The normalized spacial score (nSPS) is 10.4. The van der Waals surface area contributed by atoms with Gasteiger partial charge in [0.25, 0.3) is 0 Å². The highest BCUT2D eigenvalue weighted by molar-refractivity contribution is 7.80. The van der Waals surface area contributed by atoms with Gasteiger partial charge < -0.3 is 10.6 Å². The van der Waals surface area contributed by atoms with Crippen LogP contribution in [-0.2, 0) is 0 Å². The van der Waals surface area contributed by atoms with Gasteiger partial charge >= 0.3 is 0 Å². The van der Waals surface area contributed by atoms with Crippen LogP contribution in [0.15, 0.2) is 35.8 Å². The van der Waals surface area contributed by atoms with Crippen LogP contribution in [0.4, 0.5) is 5.69 Å². The fraction of sp³-hybridized carbons (Fsp3) is 0.231. The lowest BCUT2D eigenvalue weighted by Gasteiger charge is -2.13. The minimum Gasteiger partial charge on any atom is -0.360 e. The number of hydrogen-bond acceptors (Lipinski definition) is 3. The Morgan fingerprint density at radius 3 is 2.56 bits per heavy atom. The third-order valence-corrected chi connectivity index (χ3v) is 3.28. The van der Waals surface area contributed by atoms with Crippen molar-refractivity contribution < 1.29 is 0 Å². The molecule has 94 valence electrons. The Balaban J connectivity index is 2.02. The van der Waals surface area contributed by atoms with E-state index in [1.54, 1.807) is 11.3 Å². The minimum atomic E-state index is 0.333. The highest BCUT2D eigenvalue weighted by Crippen LogP contribution is 2.23. The lowest BCUT2D eigenvalue weighted by atomic mass is 10.2. The van der Waals surface area contributed by atoms with E-state index in [0.717, 1.165) is 16.3 Å². The molecule has 2 N–H and O–H groups in total. The molecule has 0 amide bonds. The van der Waals surface area contributed by atoms with E-state index in [0.29, 0.717) is 11.2 Å². The molecule has 0 aliphatic carbocycles. The Bertz CT molecular complexity index is 504. The van der Waals surface area contributed by atoms with Gasteiger partial charge in [0, 0.05) is 28.9 Å². The summed E-state index contributed by atoms with van der Waals surface area (Å²) in [7, 11) is 0. The Morgan fingerprint density at radius 2 is 2.00 bits per heavy atom. The average molecular weight is 277 g/mol. The lowest BCUT2D eigenvalue weighted by Crippen LogP contribution is -2.33. The number of benzene rings is 1. The van der Waals surface area contributed by atoms with Crippen molar-refractivity contribution in [2.75, 3.05) is 5.32 Å². The summed E-state index contributed by atoms with van der Waals surface area (Å²) in [4.78, 5) is 4.28. The first-order valence-corrected chi connectivity index (χ1v) is 7.01. The molecule has 0 unspecified atom stereocenters. The molecule has 3 nitrogen and oxygen atoms in total. The summed E-state index contributed by atoms with van der Waals surface area (Å²) in [6.45, 7) is 4.11. The summed E-state index contributed by atoms with van der Waals surface area (Å²) in [6, 6.07) is 8.42. The minimum absolute atomic E-state index is 0.333. The van der Waals surface area contributed by atoms with E-state index in [1.807, 2.05) is 35.8 Å². The molecule has 0 fully saturated rings. The zero-order valence-electron chi connectivity index (χ0n) is 10.3. The molecule has 1 aromatic heterocycles. The van der Waals surface area contributed by atoms with Gasteiger partial charge in [-0.15, -0.1) is 11.3 Å². The number of anilines is 1. The first kappa shape index (κ1) is 13.0. The van der Waals surface area contributed by atoms with Gasteiger partial charge in [-0.3, -0.25) is 0 Å². The van der Waals surface area contributed by atoms with E-state index in [4.69, 9.17) is 12.2 Å². The summed E-state index contributed by atoms with van der Waals surface area (Å²) in [5.41, 5.74) is 2.10. The number of hydrogen-bond donors (Lipinski definition) is 2. The first-order chi connectivity index (χ1) is 8.65. The van der Waals surface area contributed by atoms with Crippen molar-refractivity contribution in [3.63, 3.8) is 0 Å². The number of thiazole rings is 1. The van der Waals surface area contributed by atoms with Crippen LogP contribution in [0.3, 0.4) is 0 Å². The van der Waals surface area contributed by atoms with Crippen molar-refractivity contribution in [3.05, 3.63) is 35.8 Å². The van der Waals surface area contributed by atoms with Gasteiger partial charge in [-0.2, -0.15) is 0 Å². The Kier molecular flexibility index (Phi) is 4.28. The van der Waals surface area contributed by atoms with Gasteiger partial charge in [-0.25, -0.2) is 4.98 Å². The standard InChI is InChI=1S/C13H15N3S2/c1-9(2)15-13(17)16-11-5-3-10(4-6-11)12-14-7-8-18-12/h3-9H,1-2H3,(H2,15,16,17). The quantitative estimate of drug-likeness (QED) is 0.842. The van der Waals surface area contributed by atoms with E-state index < -0.39 is 0 Å². The molecule has 1 aromatic carbocycles. The fourth-order valence-corrected chi connectivity index (χ4v) is 2.49. The maximum atomic E-state index is 5.19. The lowest BCUT2D eigenvalue weighted by molar-refractivity contribution is 0.739. The molecule has 0 saturated heterocycles. The number of nitrogens with zero attached hydrogens (tertiary/aromatic N) is 1. The second-order valence-corrected chi connectivity index (χ2v) is 5.47. The van der Waals surface area contributed by atoms with Crippen LogP contribution >= 0.6 is 23.6 Å². The maximum Gasteiger partial charge on any atom is 0.170 e. The van der Waals surface area contributed by atoms with Gasteiger partial charge in [-0.1, -0.05) is 0 Å². The van der Waals surface area contributed by atoms with Crippen LogP contribution in [0.5, 0.6) is 0 Å². The number of nitrogens with one attached hydrogen (secondary N) is 2. The summed E-state index contributed by atoms with van der Waals surface area (Å²) in [6.07, 6.45) is 1.81. The molecular formula is C13H15N3S2. The molecule has 0 saturated carbocycles. The second kappa shape index (κ2) is 5.93. The molecule has 5 heteroatoms. The Hall–Kier alpha value is -1.46. The van der Waals surface area contributed by atoms with Crippen molar-refractivity contribution in [1.82, 2.24) is 10.3 Å². The third-order valence-electron chi connectivity index (χ3n) is 2.24. The summed E-state index contributed by atoms with van der Waals surface area (Å²) < 4.78 is 0. The van der Waals surface area contributed by atoms with Crippen molar-refractivity contribution in [3.8, 4) is 10.6 Å². The predicted molar refractivity (Wildman–Crippen MR) is 82.0 cm³/mol. The van der Waals surface area contributed by atoms with E-state index in [1.165, 1.54) is 0 Å². The van der Waals surface area contributed by atoms with E-state index >= 15 is 0 Å². The largest absolute Gasteiger partial charge is 0.360 e. The van der Waals surface area contributed by atoms with Crippen LogP contribution in [0, 0.1) is 0 Å². The maximum absolute atomic E-state index is 5.19. The molecule has 0 aliphatic heterocycles. The molecule has 0 bridgehead atoms. The number of thiocarbonyl (C=S) groups is 1. The molecule has 0 spiro atoms. The SMILES string of the molecule is CC(C)NC(=S)Nc1ccc(-c2nccs2)cc1. The summed E-state index contributed by atoms with van der Waals surface area (Å²) >= 11 is 6.83. The van der Waals surface area contributed by atoms with Crippen LogP contribution in [0.25, 0.3) is 10.6 Å². The molecule has 2 rings (SSSR count). The smallest absolute Gasteiger partial charge is 0.170 e. The highest BCUT2D eigenvalue weighted by Gasteiger charge is 2.02. The van der Waals surface area contributed by atoms with Crippen LogP contribution in [0.1, 0.15) is 13.8 Å². The monoisotopic (exact) mass is 277 g/mol. The second-order valence-electron chi connectivity index (χ2n) is 4.17. The molecule has 1 heterocycles.